The summed E-state index contributed by atoms with van der Waals surface area (Å²) in [6, 6.07) is 8.88. The number of ether oxygens (including phenoxy) is 1. The van der Waals surface area contributed by atoms with Crippen LogP contribution in [0.5, 0.6) is 0 Å². The Hall–Kier alpha value is -1.67. The zero-order valence-corrected chi connectivity index (χ0v) is 12.5. The Morgan fingerprint density at radius 1 is 1.20 bits per heavy atom. The van der Waals surface area contributed by atoms with Gasteiger partial charge in [0.15, 0.2) is 0 Å². The fourth-order valence-corrected chi connectivity index (χ4v) is 3.01. The van der Waals surface area contributed by atoms with Crippen molar-refractivity contribution in [2.24, 2.45) is 0 Å². The number of hydrogen-bond acceptors (Lipinski definition) is 2. The number of aryl methyl sites for hydroxylation is 2. The topological polar surface area (TPSA) is 22.1 Å². The lowest BCUT2D eigenvalue weighted by Crippen LogP contribution is -2.08. The molecule has 0 amide bonds. The maximum atomic E-state index is 5.51. The van der Waals surface area contributed by atoms with Gasteiger partial charge in [-0.25, -0.2) is 0 Å². The zero-order valence-electron chi connectivity index (χ0n) is 12.5. The number of nitrogens with zero attached hydrogens (tertiary/aromatic N) is 1. The lowest BCUT2D eigenvalue weighted by Gasteiger charge is -2.19. The van der Waals surface area contributed by atoms with Crippen LogP contribution in [0.1, 0.15) is 37.1 Å². The zero-order chi connectivity index (χ0) is 14.1. The van der Waals surface area contributed by atoms with Crippen LogP contribution in [0.2, 0.25) is 0 Å². The second-order valence-electron chi connectivity index (χ2n) is 5.57. The monoisotopic (exact) mass is 267 g/mol. The van der Waals surface area contributed by atoms with Gasteiger partial charge in [0.1, 0.15) is 0 Å². The second kappa shape index (κ2) is 5.37. The Bertz CT molecular complexity index is 685. The minimum absolute atomic E-state index is 0.764. The molecule has 1 aliphatic rings. The lowest BCUT2D eigenvalue weighted by atomic mass is 9.94. The summed E-state index contributed by atoms with van der Waals surface area (Å²) >= 11 is 0. The molecule has 0 N–H and O–H groups in total. The highest BCUT2D eigenvalue weighted by Crippen LogP contribution is 2.29. The fraction of sp³-hybridized carbons (Fsp3) is 0.389. The van der Waals surface area contributed by atoms with E-state index in [1.807, 2.05) is 0 Å². The smallest absolute Gasteiger partial charge is 0.0708 e. The van der Waals surface area contributed by atoms with Crippen LogP contribution in [0.4, 0.5) is 0 Å². The van der Waals surface area contributed by atoms with Gasteiger partial charge in [-0.05, 0) is 67.2 Å². The number of pyridine rings is 1. The van der Waals surface area contributed by atoms with Crippen molar-refractivity contribution in [3.8, 4) is 0 Å². The molecule has 0 atom stereocenters. The van der Waals surface area contributed by atoms with Gasteiger partial charge in [0, 0.05) is 11.1 Å². The maximum absolute atomic E-state index is 5.51. The first-order valence-corrected chi connectivity index (χ1v) is 7.36. The van der Waals surface area contributed by atoms with Crippen molar-refractivity contribution in [2.45, 2.75) is 33.6 Å². The Balaban J connectivity index is 2.17. The van der Waals surface area contributed by atoms with Gasteiger partial charge in [0.25, 0.3) is 0 Å². The van der Waals surface area contributed by atoms with Crippen LogP contribution in [-0.2, 0) is 11.2 Å². The van der Waals surface area contributed by atoms with E-state index in [0.717, 1.165) is 37.3 Å². The van der Waals surface area contributed by atoms with Crippen LogP contribution in [0.25, 0.3) is 16.5 Å². The summed E-state index contributed by atoms with van der Waals surface area (Å²) in [5, 5.41) is 1.29. The van der Waals surface area contributed by atoms with E-state index in [0.29, 0.717) is 0 Å². The van der Waals surface area contributed by atoms with E-state index in [-0.39, 0.29) is 0 Å². The van der Waals surface area contributed by atoms with E-state index in [9.17, 15) is 0 Å². The summed E-state index contributed by atoms with van der Waals surface area (Å²) in [4.78, 5) is 4.65. The summed E-state index contributed by atoms with van der Waals surface area (Å²) in [6.07, 6.45) is 2.06. The molecule has 1 aromatic heterocycles. The lowest BCUT2D eigenvalue weighted by molar-refractivity contribution is 0.154. The summed E-state index contributed by atoms with van der Waals surface area (Å²) in [6.45, 7) is 8.04. The van der Waals surface area contributed by atoms with Gasteiger partial charge in [-0.1, -0.05) is 13.0 Å². The third-order valence-corrected chi connectivity index (χ3v) is 4.08. The molecule has 0 aliphatic carbocycles. The van der Waals surface area contributed by atoms with Crippen LogP contribution in [0.15, 0.2) is 29.8 Å². The second-order valence-corrected chi connectivity index (χ2v) is 5.57. The van der Waals surface area contributed by atoms with Gasteiger partial charge in [0.05, 0.1) is 18.7 Å². The molecule has 2 aromatic rings. The molecule has 20 heavy (non-hydrogen) atoms. The highest BCUT2D eigenvalue weighted by molar-refractivity contribution is 5.87. The predicted molar refractivity (Wildman–Crippen MR) is 83.9 cm³/mol. The molecule has 0 radical (unpaired) electrons. The van der Waals surface area contributed by atoms with E-state index in [4.69, 9.17) is 4.74 Å². The minimum atomic E-state index is 0.764. The summed E-state index contributed by atoms with van der Waals surface area (Å²) in [7, 11) is 0. The molecule has 0 fully saturated rings. The molecule has 0 unspecified atom stereocenters. The molecule has 0 saturated heterocycles. The molecule has 3 rings (SSSR count). The van der Waals surface area contributed by atoms with Gasteiger partial charge >= 0.3 is 0 Å². The van der Waals surface area contributed by atoms with Crippen molar-refractivity contribution in [2.75, 3.05) is 13.2 Å². The predicted octanol–water partition coefficient (Wildman–Crippen LogP) is 4.30. The SMILES string of the molecule is CCc1cc(C)nc2ccc(C3=C(C)COCC3)cc12. The third kappa shape index (κ3) is 2.36. The highest BCUT2D eigenvalue weighted by atomic mass is 16.5. The first kappa shape index (κ1) is 13.3. The number of rotatable bonds is 2. The molecule has 2 heterocycles. The van der Waals surface area contributed by atoms with Crippen molar-refractivity contribution in [1.29, 1.82) is 0 Å². The molecule has 1 aromatic carbocycles. The fourth-order valence-electron chi connectivity index (χ4n) is 3.01. The first-order chi connectivity index (χ1) is 9.69. The highest BCUT2D eigenvalue weighted by Gasteiger charge is 2.13. The van der Waals surface area contributed by atoms with Crippen molar-refractivity contribution in [3.63, 3.8) is 0 Å². The average molecular weight is 267 g/mol. The van der Waals surface area contributed by atoms with Crippen LogP contribution >= 0.6 is 0 Å². The van der Waals surface area contributed by atoms with Crippen LogP contribution < -0.4 is 0 Å². The Morgan fingerprint density at radius 2 is 2.05 bits per heavy atom. The van der Waals surface area contributed by atoms with E-state index in [1.54, 1.807) is 0 Å². The van der Waals surface area contributed by atoms with Crippen molar-refractivity contribution in [3.05, 3.63) is 46.7 Å². The Labute approximate surface area is 120 Å². The largest absolute Gasteiger partial charge is 0.377 e. The molecule has 2 nitrogen and oxygen atoms in total. The van der Waals surface area contributed by atoms with Gasteiger partial charge in [-0.3, -0.25) is 4.98 Å². The third-order valence-electron chi connectivity index (χ3n) is 4.08. The minimum Gasteiger partial charge on any atom is -0.377 e. The Kier molecular flexibility index (Phi) is 3.58. The van der Waals surface area contributed by atoms with Crippen LogP contribution in [-0.4, -0.2) is 18.2 Å². The van der Waals surface area contributed by atoms with E-state index < -0.39 is 0 Å². The van der Waals surface area contributed by atoms with E-state index in [1.165, 1.54) is 27.7 Å². The quantitative estimate of drug-likeness (QED) is 0.809. The van der Waals surface area contributed by atoms with Crippen LogP contribution in [0.3, 0.4) is 0 Å². The molecule has 0 spiro atoms. The maximum Gasteiger partial charge on any atom is 0.0708 e. The molecule has 1 aliphatic heterocycles. The molecule has 104 valence electrons. The van der Waals surface area contributed by atoms with Crippen LogP contribution in [0, 0.1) is 6.92 Å². The molecular weight excluding hydrogens is 246 g/mol. The standard InChI is InChI=1S/C18H21NO/c1-4-14-9-13(3)19-18-6-5-15(10-17(14)18)16-7-8-20-11-12(16)2/h5-6,9-10H,4,7-8,11H2,1-3H3. The molecule has 2 heteroatoms. The van der Waals surface area contributed by atoms with Crippen molar-refractivity contribution >= 4 is 16.5 Å². The molecule has 0 saturated carbocycles. The average Bonchev–Trinajstić information content (AvgIpc) is 2.46. The number of benzene rings is 1. The summed E-state index contributed by atoms with van der Waals surface area (Å²) in [5.74, 6) is 0. The van der Waals surface area contributed by atoms with Gasteiger partial charge in [-0.2, -0.15) is 0 Å². The number of aromatic nitrogens is 1. The summed E-state index contributed by atoms with van der Waals surface area (Å²) < 4.78 is 5.51. The van der Waals surface area contributed by atoms with Gasteiger partial charge < -0.3 is 4.74 Å². The van der Waals surface area contributed by atoms with Gasteiger partial charge in [-0.15, -0.1) is 0 Å². The van der Waals surface area contributed by atoms with E-state index in [2.05, 4.69) is 50.0 Å². The van der Waals surface area contributed by atoms with E-state index >= 15 is 0 Å². The number of hydrogen-bond donors (Lipinski definition) is 0. The van der Waals surface area contributed by atoms with Gasteiger partial charge in [0.2, 0.25) is 0 Å². The van der Waals surface area contributed by atoms with Crippen molar-refractivity contribution in [1.82, 2.24) is 4.98 Å². The number of fused-ring (bicyclic) bond motifs is 1. The van der Waals surface area contributed by atoms with Crippen molar-refractivity contribution < 1.29 is 4.74 Å². The Morgan fingerprint density at radius 3 is 2.80 bits per heavy atom. The normalized spacial score (nSPS) is 15.9. The first-order valence-electron chi connectivity index (χ1n) is 7.36. The molecular formula is C18H21NO. The summed E-state index contributed by atoms with van der Waals surface area (Å²) in [5.41, 5.74) is 7.73. The molecule has 0 bridgehead atoms.